The van der Waals surface area contributed by atoms with Gasteiger partial charge in [0, 0.05) is 5.56 Å². The Kier molecular flexibility index (Phi) is 3.65. The molecule has 1 aromatic rings. The summed E-state index contributed by atoms with van der Waals surface area (Å²) in [6, 6.07) is 0. The summed E-state index contributed by atoms with van der Waals surface area (Å²) in [5, 5.41) is 17.8. The number of hydrogen-bond donors (Lipinski definition) is 2. The first-order valence-corrected chi connectivity index (χ1v) is 6.07. The first-order chi connectivity index (χ1) is 9.74. The van der Waals surface area contributed by atoms with Crippen LogP contribution in [-0.4, -0.2) is 22.2 Å². The minimum atomic E-state index is -2.18. The fourth-order valence-electron chi connectivity index (χ4n) is 2.79. The first-order valence-electron chi connectivity index (χ1n) is 6.07. The molecule has 0 aliphatic heterocycles. The quantitative estimate of drug-likeness (QED) is 0.665. The van der Waals surface area contributed by atoms with Crippen molar-refractivity contribution < 1.29 is 37.4 Å². The maximum absolute atomic E-state index is 14.0. The smallest absolute Gasteiger partial charge is 0.341 e. The van der Waals surface area contributed by atoms with Crippen molar-refractivity contribution in [3.63, 3.8) is 0 Å². The van der Waals surface area contributed by atoms with Gasteiger partial charge in [0.05, 0.1) is 5.41 Å². The molecule has 0 heterocycles. The van der Waals surface area contributed by atoms with Crippen molar-refractivity contribution in [2.75, 3.05) is 0 Å². The van der Waals surface area contributed by atoms with Gasteiger partial charge < -0.3 is 10.2 Å². The van der Waals surface area contributed by atoms with Crippen molar-refractivity contribution in [2.24, 2.45) is 0 Å². The van der Waals surface area contributed by atoms with E-state index in [9.17, 15) is 32.3 Å². The van der Waals surface area contributed by atoms with E-state index in [1.807, 2.05) is 0 Å². The number of carboxylic acids is 2. The highest BCUT2D eigenvalue weighted by Gasteiger charge is 2.49. The van der Waals surface area contributed by atoms with E-state index in [0.29, 0.717) is 12.8 Å². The molecule has 2 N–H and O–H groups in total. The van der Waals surface area contributed by atoms with Crippen LogP contribution in [0.2, 0.25) is 0 Å². The Morgan fingerprint density at radius 3 is 1.62 bits per heavy atom. The van der Waals surface area contributed by atoms with Gasteiger partial charge in [-0.15, -0.1) is 0 Å². The zero-order chi connectivity index (χ0) is 15.9. The average Bonchev–Trinajstić information content (AvgIpc) is 2.87. The fraction of sp³-hybridized carbons (Fsp3) is 0.385. The predicted molar refractivity (Wildman–Crippen MR) is 61.0 cm³/mol. The summed E-state index contributed by atoms with van der Waals surface area (Å²) in [7, 11) is 0. The summed E-state index contributed by atoms with van der Waals surface area (Å²) in [5.74, 6) is -11.9. The zero-order valence-electron chi connectivity index (χ0n) is 10.6. The molecule has 0 radical (unpaired) electrons. The van der Waals surface area contributed by atoms with Crippen LogP contribution in [0.25, 0.3) is 0 Å². The van der Waals surface area contributed by atoms with E-state index < -0.39 is 51.7 Å². The molecular formula is C13H10F4O4. The number of halogens is 4. The third-order valence-corrected chi connectivity index (χ3v) is 3.82. The van der Waals surface area contributed by atoms with Gasteiger partial charge in [-0.05, 0) is 12.8 Å². The van der Waals surface area contributed by atoms with Crippen molar-refractivity contribution >= 4 is 11.9 Å². The number of carbonyl (C=O) groups is 2. The lowest BCUT2D eigenvalue weighted by molar-refractivity contribution is -0.143. The largest absolute Gasteiger partial charge is 0.481 e. The second-order valence-corrected chi connectivity index (χ2v) is 4.91. The second-order valence-electron chi connectivity index (χ2n) is 4.91. The molecular weight excluding hydrogens is 296 g/mol. The van der Waals surface area contributed by atoms with Crippen molar-refractivity contribution in [1.82, 2.24) is 0 Å². The summed E-state index contributed by atoms with van der Waals surface area (Å²) in [6.45, 7) is 0. The van der Waals surface area contributed by atoms with Crippen molar-refractivity contribution in [2.45, 2.75) is 31.1 Å². The lowest BCUT2D eigenvalue weighted by atomic mass is 9.77. The highest BCUT2D eigenvalue weighted by molar-refractivity contribution is 5.89. The Balaban J connectivity index is 2.82. The van der Waals surface area contributed by atoms with Crippen molar-refractivity contribution in [3.05, 3.63) is 34.4 Å². The second kappa shape index (κ2) is 5.01. The summed E-state index contributed by atoms with van der Waals surface area (Å²) < 4.78 is 55.4. The number of benzene rings is 1. The van der Waals surface area contributed by atoms with E-state index in [2.05, 4.69) is 0 Å². The Bertz CT molecular complexity index is 607. The van der Waals surface area contributed by atoms with Gasteiger partial charge in [-0.25, -0.2) is 22.4 Å². The number of carboxylic acid groups (broad SMARTS) is 2. The van der Waals surface area contributed by atoms with Crippen LogP contribution in [0.3, 0.4) is 0 Å². The number of hydrogen-bond acceptors (Lipinski definition) is 2. The maximum atomic E-state index is 14.0. The normalized spacial score (nSPS) is 17.0. The molecule has 0 unspecified atom stereocenters. The molecule has 0 saturated heterocycles. The Hall–Kier alpha value is -2.12. The van der Waals surface area contributed by atoms with Gasteiger partial charge in [0.15, 0.2) is 23.3 Å². The third-order valence-electron chi connectivity index (χ3n) is 3.82. The standard InChI is InChI=1S/C13H10F4O4/c14-7-5(11(18)19)8(15)10(17)6(9(7)16)13(12(20)21)3-1-2-4-13/h1-4H2,(H,18,19)(H,20,21). The molecule has 1 aliphatic carbocycles. The number of aromatic carboxylic acids is 1. The highest BCUT2D eigenvalue weighted by atomic mass is 19.2. The Morgan fingerprint density at radius 2 is 1.29 bits per heavy atom. The van der Waals surface area contributed by atoms with Crippen LogP contribution in [-0.2, 0) is 10.2 Å². The molecule has 0 bridgehead atoms. The molecule has 1 saturated carbocycles. The van der Waals surface area contributed by atoms with Crippen LogP contribution >= 0.6 is 0 Å². The molecule has 1 fully saturated rings. The fourth-order valence-corrected chi connectivity index (χ4v) is 2.79. The van der Waals surface area contributed by atoms with E-state index in [4.69, 9.17) is 5.11 Å². The monoisotopic (exact) mass is 306 g/mol. The van der Waals surface area contributed by atoms with Crippen LogP contribution in [0.4, 0.5) is 17.6 Å². The van der Waals surface area contributed by atoms with E-state index in [1.165, 1.54) is 0 Å². The average molecular weight is 306 g/mol. The Labute approximate surface area is 116 Å². The number of aliphatic carboxylic acids is 1. The number of rotatable bonds is 3. The topological polar surface area (TPSA) is 74.6 Å². The van der Waals surface area contributed by atoms with Crippen LogP contribution < -0.4 is 0 Å². The highest BCUT2D eigenvalue weighted by Crippen LogP contribution is 2.45. The minimum absolute atomic E-state index is 0.179. The molecule has 0 atom stereocenters. The van der Waals surface area contributed by atoms with E-state index >= 15 is 0 Å². The van der Waals surface area contributed by atoms with E-state index in [0.717, 1.165) is 0 Å². The Morgan fingerprint density at radius 1 is 0.857 bits per heavy atom. The molecule has 21 heavy (non-hydrogen) atoms. The minimum Gasteiger partial charge on any atom is -0.481 e. The SMILES string of the molecule is O=C(O)c1c(F)c(F)c(C2(C(=O)O)CCCC2)c(F)c1F. The predicted octanol–water partition coefficient (Wildman–Crippen LogP) is 2.84. The first kappa shape index (κ1) is 15.3. The van der Waals surface area contributed by atoms with Gasteiger partial charge in [0.2, 0.25) is 0 Å². The van der Waals surface area contributed by atoms with Gasteiger partial charge in [-0.1, -0.05) is 12.8 Å². The van der Waals surface area contributed by atoms with Crippen LogP contribution in [0, 0.1) is 23.3 Å². The molecule has 1 aliphatic rings. The lowest BCUT2D eigenvalue weighted by Crippen LogP contribution is -2.36. The van der Waals surface area contributed by atoms with E-state index in [-0.39, 0.29) is 12.8 Å². The molecule has 8 heteroatoms. The van der Waals surface area contributed by atoms with Crippen LogP contribution in [0.1, 0.15) is 41.6 Å². The van der Waals surface area contributed by atoms with Crippen LogP contribution in [0.5, 0.6) is 0 Å². The van der Waals surface area contributed by atoms with Crippen molar-refractivity contribution in [1.29, 1.82) is 0 Å². The maximum Gasteiger partial charge on any atom is 0.341 e. The summed E-state index contributed by atoms with van der Waals surface area (Å²) in [5.41, 5.74) is -5.09. The summed E-state index contributed by atoms with van der Waals surface area (Å²) >= 11 is 0. The van der Waals surface area contributed by atoms with Gasteiger partial charge >= 0.3 is 11.9 Å². The third kappa shape index (κ3) is 2.05. The zero-order valence-corrected chi connectivity index (χ0v) is 10.6. The summed E-state index contributed by atoms with van der Waals surface area (Å²) in [4.78, 5) is 22.0. The molecule has 1 aromatic carbocycles. The molecule has 0 amide bonds. The van der Waals surface area contributed by atoms with Gasteiger partial charge in [0.25, 0.3) is 0 Å². The lowest BCUT2D eigenvalue weighted by Gasteiger charge is -2.26. The van der Waals surface area contributed by atoms with Gasteiger partial charge in [0.1, 0.15) is 5.56 Å². The molecule has 0 spiro atoms. The van der Waals surface area contributed by atoms with Crippen LogP contribution in [0.15, 0.2) is 0 Å². The molecule has 114 valence electrons. The van der Waals surface area contributed by atoms with E-state index in [1.54, 1.807) is 0 Å². The van der Waals surface area contributed by atoms with Crippen molar-refractivity contribution in [3.8, 4) is 0 Å². The summed E-state index contributed by atoms with van der Waals surface area (Å²) in [6.07, 6.45) is 0.299. The van der Waals surface area contributed by atoms with Gasteiger partial charge in [-0.3, -0.25) is 4.79 Å². The van der Waals surface area contributed by atoms with Gasteiger partial charge in [-0.2, -0.15) is 0 Å². The molecule has 0 aromatic heterocycles. The molecule has 4 nitrogen and oxygen atoms in total. The molecule has 2 rings (SSSR count).